The summed E-state index contributed by atoms with van der Waals surface area (Å²) in [5.74, 6) is -0.00329. The number of nitrogens with zero attached hydrogens (tertiary/aromatic N) is 2. The molecule has 0 unspecified atom stereocenters. The number of aliphatic hydroxyl groups is 1. The molecule has 5 nitrogen and oxygen atoms in total. The summed E-state index contributed by atoms with van der Waals surface area (Å²) in [6, 6.07) is 4.27. The zero-order valence-corrected chi connectivity index (χ0v) is 10.3. The molecule has 1 amide bonds. The predicted molar refractivity (Wildman–Crippen MR) is 65.4 cm³/mol. The van der Waals surface area contributed by atoms with Crippen LogP contribution in [0.15, 0.2) is 18.3 Å². The smallest absolute Gasteiger partial charge is 0.270 e. The van der Waals surface area contributed by atoms with E-state index in [-0.39, 0.29) is 5.91 Å². The minimum atomic E-state index is -0.583. The number of ether oxygens (including phenoxy) is 1. The molecule has 1 aromatic rings. The second-order valence-corrected chi connectivity index (χ2v) is 5.01. The van der Waals surface area contributed by atoms with Gasteiger partial charge in [0.15, 0.2) is 0 Å². The number of hydrogen-bond donors (Lipinski definition) is 1. The second-order valence-electron chi connectivity index (χ2n) is 5.01. The van der Waals surface area contributed by atoms with E-state index in [4.69, 9.17) is 4.74 Å². The molecule has 18 heavy (non-hydrogen) atoms. The molecule has 0 spiro atoms. The summed E-state index contributed by atoms with van der Waals surface area (Å²) in [5, 5.41) is 9.67. The normalized spacial score (nSPS) is 24.9. The summed E-state index contributed by atoms with van der Waals surface area (Å²) in [4.78, 5) is 14.1. The predicted octanol–water partition coefficient (Wildman–Crippen LogP) is 0.656. The molecule has 0 radical (unpaired) electrons. The average molecular weight is 250 g/mol. The lowest BCUT2D eigenvalue weighted by Gasteiger charge is -2.22. The van der Waals surface area contributed by atoms with E-state index in [1.165, 1.54) is 0 Å². The van der Waals surface area contributed by atoms with Crippen molar-refractivity contribution in [3.8, 4) is 0 Å². The van der Waals surface area contributed by atoms with E-state index in [1.54, 1.807) is 4.90 Å². The van der Waals surface area contributed by atoms with E-state index in [0.29, 0.717) is 32.3 Å². The number of β-amino-alcohol motifs (C(OH)–C–C–N with tert-alkyl or cyclic N) is 1. The summed E-state index contributed by atoms with van der Waals surface area (Å²) < 4.78 is 7.30. The Hall–Kier alpha value is -1.33. The van der Waals surface area contributed by atoms with E-state index in [1.807, 2.05) is 18.3 Å². The van der Waals surface area contributed by atoms with Crippen molar-refractivity contribution < 1.29 is 14.6 Å². The minimum absolute atomic E-state index is 0.00329. The van der Waals surface area contributed by atoms with Gasteiger partial charge in [0.1, 0.15) is 5.69 Å². The molecule has 1 atom stereocenters. The van der Waals surface area contributed by atoms with Gasteiger partial charge in [-0.15, -0.1) is 0 Å². The highest BCUT2D eigenvalue weighted by Gasteiger charge is 2.29. The molecule has 3 rings (SSSR count). The van der Waals surface area contributed by atoms with Gasteiger partial charge in [-0.3, -0.25) is 4.79 Å². The van der Waals surface area contributed by atoms with Crippen LogP contribution in [0, 0.1) is 0 Å². The first kappa shape index (κ1) is 11.7. The van der Waals surface area contributed by atoms with Gasteiger partial charge in [0.2, 0.25) is 0 Å². The lowest BCUT2D eigenvalue weighted by molar-refractivity contribution is 0.0531. The fraction of sp³-hybridized carbons (Fsp3) is 0.615. The third-order valence-electron chi connectivity index (χ3n) is 3.47. The summed E-state index contributed by atoms with van der Waals surface area (Å²) in [6.45, 7) is 1.71. The van der Waals surface area contributed by atoms with Gasteiger partial charge in [-0.05, 0) is 25.0 Å². The Kier molecular flexibility index (Phi) is 3.09. The molecule has 0 aromatic carbocycles. The van der Waals surface area contributed by atoms with Gasteiger partial charge in [0.25, 0.3) is 5.91 Å². The van der Waals surface area contributed by atoms with E-state index in [0.717, 1.165) is 18.5 Å². The van der Waals surface area contributed by atoms with Crippen LogP contribution in [-0.4, -0.2) is 52.9 Å². The molecule has 1 aliphatic carbocycles. The summed E-state index contributed by atoms with van der Waals surface area (Å²) in [5.41, 5.74) is 0.728. The molecule has 1 saturated heterocycles. The maximum Gasteiger partial charge on any atom is 0.270 e. The van der Waals surface area contributed by atoms with Gasteiger partial charge < -0.3 is 19.3 Å². The monoisotopic (exact) mass is 250 g/mol. The van der Waals surface area contributed by atoms with Crippen LogP contribution >= 0.6 is 0 Å². The standard InChI is InChI=1S/C13H18N2O3/c16-11-8-14(6-7-18-9-11)13(17)12-2-1-5-15(12)10-3-4-10/h1-2,5,10-11,16H,3-4,6-9H2/t11-/m1/s1. The Morgan fingerprint density at radius 1 is 1.44 bits per heavy atom. The molecule has 1 aromatic heterocycles. The largest absolute Gasteiger partial charge is 0.389 e. The zero-order valence-electron chi connectivity index (χ0n) is 10.3. The van der Waals surface area contributed by atoms with Crippen molar-refractivity contribution in [2.24, 2.45) is 0 Å². The minimum Gasteiger partial charge on any atom is -0.389 e. The molecule has 1 aliphatic heterocycles. The summed E-state index contributed by atoms with van der Waals surface area (Å²) >= 11 is 0. The van der Waals surface area contributed by atoms with Crippen molar-refractivity contribution in [2.45, 2.75) is 25.0 Å². The molecule has 0 bridgehead atoms. The topological polar surface area (TPSA) is 54.7 Å². The van der Waals surface area contributed by atoms with Crippen LogP contribution in [0.5, 0.6) is 0 Å². The first-order chi connectivity index (χ1) is 8.75. The Morgan fingerprint density at radius 3 is 3.06 bits per heavy atom. The van der Waals surface area contributed by atoms with Crippen LogP contribution < -0.4 is 0 Å². The Morgan fingerprint density at radius 2 is 2.28 bits per heavy atom. The quantitative estimate of drug-likeness (QED) is 0.838. The fourth-order valence-corrected chi connectivity index (χ4v) is 2.39. The molecule has 5 heteroatoms. The van der Waals surface area contributed by atoms with Crippen LogP contribution in [0.1, 0.15) is 29.4 Å². The van der Waals surface area contributed by atoms with Crippen molar-refractivity contribution in [3.63, 3.8) is 0 Å². The Labute approximate surface area is 106 Å². The molecule has 2 fully saturated rings. The number of aromatic nitrogens is 1. The number of aliphatic hydroxyl groups excluding tert-OH is 1. The summed E-state index contributed by atoms with van der Waals surface area (Å²) in [6.07, 6.45) is 3.69. The lowest BCUT2D eigenvalue weighted by Crippen LogP contribution is -2.38. The number of hydrogen-bond acceptors (Lipinski definition) is 3. The maximum absolute atomic E-state index is 12.5. The summed E-state index contributed by atoms with van der Waals surface area (Å²) in [7, 11) is 0. The van der Waals surface area contributed by atoms with Gasteiger partial charge in [0, 0.05) is 25.3 Å². The van der Waals surface area contributed by atoms with Crippen molar-refractivity contribution in [2.75, 3.05) is 26.3 Å². The molecular weight excluding hydrogens is 232 g/mol. The molecule has 2 aliphatic rings. The van der Waals surface area contributed by atoms with Gasteiger partial charge in [-0.1, -0.05) is 0 Å². The Bertz CT molecular complexity index is 439. The molecule has 1 saturated carbocycles. The van der Waals surface area contributed by atoms with Gasteiger partial charge >= 0.3 is 0 Å². The van der Waals surface area contributed by atoms with E-state index >= 15 is 0 Å². The van der Waals surface area contributed by atoms with Crippen LogP contribution in [-0.2, 0) is 4.74 Å². The van der Waals surface area contributed by atoms with Crippen LogP contribution in [0.3, 0.4) is 0 Å². The molecule has 1 N–H and O–H groups in total. The third kappa shape index (κ3) is 2.28. The average Bonchev–Trinajstić information content (AvgIpc) is 3.13. The van der Waals surface area contributed by atoms with Crippen LogP contribution in [0.4, 0.5) is 0 Å². The van der Waals surface area contributed by atoms with Gasteiger partial charge in [0.05, 0.1) is 19.3 Å². The Balaban J connectivity index is 1.78. The van der Waals surface area contributed by atoms with Crippen molar-refractivity contribution in [3.05, 3.63) is 24.0 Å². The molecular formula is C13H18N2O3. The number of amides is 1. The van der Waals surface area contributed by atoms with E-state index in [2.05, 4.69) is 4.57 Å². The van der Waals surface area contributed by atoms with Crippen molar-refractivity contribution in [1.82, 2.24) is 9.47 Å². The zero-order chi connectivity index (χ0) is 12.5. The molecule has 2 heterocycles. The fourth-order valence-electron chi connectivity index (χ4n) is 2.39. The van der Waals surface area contributed by atoms with E-state index in [9.17, 15) is 9.90 Å². The highest BCUT2D eigenvalue weighted by atomic mass is 16.5. The van der Waals surface area contributed by atoms with Crippen LogP contribution in [0.25, 0.3) is 0 Å². The first-order valence-electron chi connectivity index (χ1n) is 6.47. The van der Waals surface area contributed by atoms with Crippen molar-refractivity contribution >= 4 is 5.91 Å². The highest BCUT2D eigenvalue weighted by molar-refractivity contribution is 5.93. The first-order valence-corrected chi connectivity index (χ1v) is 6.47. The number of rotatable bonds is 2. The maximum atomic E-state index is 12.5. The SMILES string of the molecule is O=C(c1cccn1C1CC1)N1CCOC[C@H](O)C1. The molecule has 98 valence electrons. The van der Waals surface area contributed by atoms with Gasteiger partial charge in [-0.2, -0.15) is 0 Å². The number of carbonyl (C=O) groups excluding carboxylic acids is 1. The van der Waals surface area contributed by atoms with Gasteiger partial charge in [-0.25, -0.2) is 0 Å². The number of carbonyl (C=O) groups is 1. The lowest BCUT2D eigenvalue weighted by atomic mass is 10.3. The second kappa shape index (κ2) is 4.74. The highest BCUT2D eigenvalue weighted by Crippen LogP contribution is 2.36. The van der Waals surface area contributed by atoms with Crippen LogP contribution in [0.2, 0.25) is 0 Å². The van der Waals surface area contributed by atoms with E-state index < -0.39 is 6.10 Å². The third-order valence-corrected chi connectivity index (χ3v) is 3.47. The van der Waals surface area contributed by atoms with Crippen molar-refractivity contribution in [1.29, 1.82) is 0 Å².